The fraction of sp³-hybridized carbons (Fsp3) is 0.486. The van der Waals surface area contributed by atoms with Crippen molar-refractivity contribution in [3.05, 3.63) is 76.6 Å². The van der Waals surface area contributed by atoms with Crippen LogP contribution in [-0.2, 0) is 16.1 Å². The first-order valence-electron chi connectivity index (χ1n) is 15.4. The summed E-state index contributed by atoms with van der Waals surface area (Å²) in [7, 11) is 0. The Morgan fingerprint density at radius 2 is 1.20 bits per heavy atom. The SMILES string of the molecule is CC(=O)OCCCCCCCCCCCCCCCCn1nc(-c2ccccc2)c(-c2ccccc2)c(C#N)c1=O. The molecule has 3 aromatic rings. The number of carbonyl (C=O) groups excluding carboxylic acids is 1. The maximum Gasteiger partial charge on any atom is 0.302 e. The Kier molecular flexibility index (Phi) is 14.4. The van der Waals surface area contributed by atoms with Gasteiger partial charge in [-0.05, 0) is 18.4 Å². The molecule has 0 fully saturated rings. The number of unbranched alkanes of at least 4 members (excludes halogenated alkanes) is 13. The van der Waals surface area contributed by atoms with Crippen molar-refractivity contribution in [3.8, 4) is 28.5 Å². The molecule has 3 rings (SSSR count). The van der Waals surface area contributed by atoms with Crippen LogP contribution >= 0.6 is 0 Å². The quantitative estimate of drug-likeness (QED) is 0.109. The third-order valence-electron chi connectivity index (χ3n) is 7.45. The van der Waals surface area contributed by atoms with Crippen LogP contribution < -0.4 is 5.56 Å². The standard InChI is InChI=1S/C35H45N3O3/c1-29(39)41-27-21-13-11-9-7-5-3-2-4-6-8-10-12-20-26-38-35(40)32(28-36)33(30-22-16-14-17-23-30)34(37-38)31-24-18-15-19-25-31/h14-19,22-25H,2-13,20-21,26-27H2,1H3. The number of benzene rings is 2. The van der Waals surface area contributed by atoms with Crippen LogP contribution in [0.5, 0.6) is 0 Å². The lowest BCUT2D eigenvalue weighted by Crippen LogP contribution is -2.27. The van der Waals surface area contributed by atoms with Crippen molar-refractivity contribution in [2.75, 3.05) is 6.61 Å². The number of hydrogen-bond acceptors (Lipinski definition) is 5. The third kappa shape index (κ3) is 11.0. The number of carbonyl (C=O) groups is 1. The maximum absolute atomic E-state index is 13.3. The second-order valence-electron chi connectivity index (χ2n) is 10.8. The zero-order chi connectivity index (χ0) is 29.1. The summed E-state index contributed by atoms with van der Waals surface area (Å²) >= 11 is 0. The lowest BCUT2D eigenvalue weighted by Gasteiger charge is -2.14. The smallest absolute Gasteiger partial charge is 0.302 e. The van der Waals surface area contributed by atoms with E-state index in [1.807, 2.05) is 60.7 Å². The van der Waals surface area contributed by atoms with Crippen molar-refractivity contribution in [3.63, 3.8) is 0 Å². The van der Waals surface area contributed by atoms with Crippen LogP contribution in [0.25, 0.3) is 22.4 Å². The molecule has 1 heterocycles. The summed E-state index contributed by atoms with van der Waals surface area (Å²) in [6.07, 6.45) is 16.7. The second kappa shape index (κ2) is 18.6. The van der Waals surface area contributed by atoms with E-state index in [0.717, 1.165) is 43.2 Å². The predicted molar refractivity (Wildman–Crippen MR) is 165 cm³/mol. The van der Waals surface area contributed by atoms with Gasteiger partial charge in [-0.3, -0.25) is 9.59 Å². The van der Waals surface area contributed by atoms with Crippen LogP contribution in [0.15, 0.2) is 65.5 Å². The van der Waals surface area contributed by atoms with Crippen molar-refractivity contribution in [1.29, 1.82) is 5.26 Å². The van der Waals surface area contributed by atoms with Crippen molar-refractivity contribution >= 4 is 5.97 Å². The number of esters is 1. The first-order chi connectivity index (χ1) is 20.1. The molecule has 0 aliphatic rings. The normalized spacial score (nSPS) is 10.8. The van der Waals surface area contributed by atoms with Gasteiger partial charge in [-0.2, -0.15) is 10.4 Å². The van der Waals surface area contributed by atoms with Gasteiger partial charge < -0.3 is 4.74 Å². The minimum Gasteiger partial charge on any atom is -0.466 e. The van der Waals surface area contributed by atoms with E-state index in [9.17, 15) is 14.9 Å². The fourth-order valence-electron chi connectivity index (χ4n) is 5.21. The summed E-state index contributed by atoms with van der Waals surface area (Å²) in [6.45, 7) is 2.54. The van der Waals surface area contributed by atoms with Crippen molar-refractivity contribution < 1.29 is 9.53 Å². The molecule has 6 nitrogen and oxygen atoms in total. The molecule has 41 heavy (non-hydrogen) atoms. The molecule has 0 radical (unpaired) electrons. The van der Waals surface area contributed by atoms with Crippen LogP contribution in [0, 0.1) is 11.3 Å². The maximum atomic E-state index is 13.3. The molecule has 0 amide bonds. The molecular weight excluding hydrogens is 510 g/mol. The number of hydrogen-bond donors (Lipinski definition) is 0. The lowest BCUT2D eigenvalue weighted by atomic mass is 9.96. The largest absolute Gasteiger partial charge is 0.466 e. The Labute approximate surface area is 245 Å². The third-order valence-corrected chi connectivity index (χ3v) is 7.45. The number of ether oxygens (including phenoxy) is 1. The van der Waals surface area contributed by atoms with Gasteiger partial charge in [0.05, 0.1) is 6.61 Å². The predicted octanol–water partition coefficient (Wildman–Crippen LogP) is 8.47. The molecular formula is C35H45N3O3. The highest BCUT2D eigenvalue weighted by Crippen LogP contribution is 2.31. The Bertz CT molecular complexity index is 1280. The highest BCUT2D eigenvalue weighted by atomic mass is 16.5. The highest BCUT2D eigenvalue weighted by molar-refractivity contribution is 5.84. The van der Waals surface area contributed by atoms with Gasteiger partial charge in [0.1, 0.15) is 17.3 Å². The van der Waals surface area contributed by atoms with E-state index in [1.54, 1.807) is 0 Å². The van der Waals surface area contributed by atoms with Gasteiger partial charge in [-0.1, -0.05) is 138 Å². The molecule has 0 N–H and O–H groups in total. The van der Waals surface area contributed by atoms with Gasteiger partial charge in [0, 0.05) is 24.6 Å². The summed E-state index contributed by atoms with van der Waals surface area (Å²) in [5.74, 6) is -0.183. The molecule has 0 unspecified atom stereocenters. The number of aryl methyl sites for hydroxylation is 1. The van der Waals surface area contributed by atoms with Gasteiger partial charge >= 0.3 is 5.97 Å². The number of nitriles is 1. The summed E-state index contributed by atoms with van der Waals surface area (Å²) in [5.41, 5.74) is 2.85. The zero-order valence-corrected chi connectivity index (χ0v) is 24.7. The number of rotatable bonds is 19. The highest BCUT2D eigenvalue weighted by Gasteiger charge is 2.20. The first-order valence-corrected chi connectivity index (χ1v) is 15.4. The van der Waals surface area contributed by atoms with E-state index in [4.69, 9.17) is 9.84 Å². The number of nitrogens with zero attached hydrogens (tertiary/aromatic N) is 3. The van der Waals surface area contributed by atoms with Crippen LogP contribution in [0.2, 0.25) is 0 Å². The van der Waals surface area contributed by atoms with Crippen LogP contribution in [-0.4, -0.2) is 22.4 Å². The van der Waals surface area contributed by atoms with E-state index in [2.05, 4.69) is 6.07 Å². The summed E-state index contributed by atoms with van der Waals surface area (Å²) in [4.78, 5) is 24.0. The van der Waals surface area contributed by atoms with Crippen molar-refractivity contribution in [2.45, 2.75) is 103 Å². The van der Waals surface area contributed by atoms with E-state index in [0.29, 0.717) is 24.4 Å². The summed E-state index contributed by atoms with van der Waals surface area (Å²) in [6, 6.07) is 21.6. The molecule has 0 saturated heterocycles. The van der Waals surface area contributed by atoms with Gasteiger partial charge in [0.15, 0.2) is 0 Å². The Morgan fingerprint density at radius 1 is 0.732 bits per heavy atom. The van der Waals surface area contributed by atoms with Gasteiger partial charge in [-0.25, -0.2) is 4.68 Å². The van der Waals surface area contributed by atoms with Gasteiger partial charge in [-0.15, -0.1) is 0 Å². The lowest BCUT2D eigenvalue weighted by molar-refractivity contribution is -0.141. The van der Waals surface area contributed by atoms with Crippen molar-refractivity contribution in [1.82, 2.24) is 9.78 Å². The summed E-state index contributed by atoms with van der Waals surface area (Å²) in [5, 5.41) is 14.8. The van der Waals surface area contributed by atoms with E-state index in [1.165, 1.54) is 69.4 Å². The van der Waals surface area contributed by atoms with E-state index >= 15 is 0 Å². The van der Waals surface area contributed by atoms with Crippen LogP contribution in [0.4, 0.5) is 0 Å². The average Bonchev–Trinajstić information content (AvgIpc) is 2.99. The molecule has 6 heteroatoms. The Hall–Kier alpha value is -3.72. The van der Waals surface area contributed by atoms with Crippen LogP contribution in [0.3, 0.4) is 0 Å². The monoisotopic (exact) mass is 555 g/mol. The van der Waals surface area contributed by atoms with E-state index < -0.39 is 0 Å². The fourth-order valence-corrected chi connectivity index (χ4v) is 5.21. The Balaban J connectivity index is 1.37. The topological polar surface area (TPSA) is 85.0 Å². The van der Waals surface area contributed by atoms with Gasteiger partial charge in [0.25, 0.3) is 5.56 Å². The molecule has 2 aromatic carbocycles. The molecule has 1 aromatic heterocycles. The Morgan fingerprint density at radius 3 is 1.68 bits per heavy atom. The van der Waals surface area contributed by atoms with Gasteiger partial charge in [0.2, 0.25) is 0 Å². The molecule has 0 bridgehead atoms. The minimum atomic E-state index is -0.312. The minimum absolute atomic E-state index is 0.157. The molecule has 0 saturated carbocycles. The molecule has 0 spiro atoms. The average molecular weight is 556 g/mol. The molecule has 218 valence electrons. The first kappa shape index (κ1) is 31.8. The van der Waals surface area contributed by atoms with Crippen molar-refractivity contribution in [2.24, 2.45) is 0 Å². The molecule has 0 aliphatic heterocycles. The number of aromatic nitrogens is 2. The summed E-state index contributed by atoms with van der Waals surface area (Å²) < 4.78 is 6.45. The zero-order valence-electron chi connectivity index (χ0n) is 24.7. The molecule has 0 atom stereocenters. The van der Waals surface area contributed by atoms with E-state index in [-0.39, 0.29) is 17.1 Å². The van der Waals surface area contributed by atoms with Crippen LogP contribution in [0.1, 0.15) is 102 Å². The molecule has 0 aliphatic carbocycles. The second-order valence-corrected chi connectivity index (χ2v) is 10.8.